The van der Waals surface area contributed by atoms with E-state index in [2.05, 4.69) is 18.7 Å². The Bertz CT molecular complexity index is 271. The van der Waals surface area contributed by atoms with E-state index in [0.29, 0.717) is 6.04 Å². The highest BCUT2D eigenvalue weighted by Gasteiger charge is 2.31. The molecule has 1 aliphatic rings. The smallest absolute Gasteiger partial charge is 0.410 e. The molecule has 100 valence electrons. The molecule has 0 spiro atoms. The summed E-state index contributed by atoms with van der Waals surface area (Å²) in [6, 6.07) is 0.833. The van der Waals surface area contributed by atoms with E-state index in [0.717, 1.165) is 19.5 Å². The molecule has 1 aliphatic heterocycles. The van der Waals surface area contributed by atoms with Gasteiger partial charge in [0.1, 0.15) is 5.60 Å². The lowest BCUT2D eigenvalue weighted by atomic mass is 10.2. The number of ether oxygens (including phenoxy) is 1. The average Bonchev–Trinajstić information content (AvgIpc) is 2.62. The van der Waals surface area contributed by atoms with Crippen molar-refractivity contribution in [3.05, 3.63) is 0 Å². The Kier molecular flexibility index (Phi) is 4.42. The number of likely N-dealkylation sites (tertiary alicyclic amines) is 1. The number of amides is 1. The molecule has 1 heterocycles. The number of rotatable bonds is 2. The Labute approximate surface area is 105 Å². The molecular formula is C13H26N2O2. The number of nitrogens with zero attached hydrogens (tertiary/aromatic N) is 2. The zero-order valence-electron chi connectivity index (χ0n) is 12.0. The van der Waals surface area contributed by atoms with Gasteiger partial charge in [0, 0.05) is 32.2 Å². The maximum absolute atomic E-state index is 11.9. The molecule has 0 aromatic carbocycles. The summed E-state index contributed by atoms with van der Waals surface area (Å²) in [5.74, 6) is 0. The first-order valence-electron chi connectivity index (χ1n) is 6.40. The summed E-state index contributed by atoms with van der Waals surface area (Å²) in [6.45, 7) is 12.1. The molecule has 0 aliphatic carbocycles. The van der Waals surface area contributed by atoms with Gasteiger partial charge in [-0.15, -0.1) is 0 Å². The van der Waals surface area contributed by atoms with Gasteiger partial charge in [-0.25, -0.2) is 4.79 Å². The van der Waals surface area contributed by atoms with Crippen molar-refractivity contribution in [2.45, 2.75) is 58.7 Å². The summed E-state index contributed by atoms with van der Waals surface area (Å²) in [5.41, 5.74) is -0.415. The molecule has 1 unspecified atom stereocenters. The quantitative estimate of drug-likeness (QED) is 0.745. The Morgan fingerprint density at radius 2 is 2.00 bits per heavy atom. The normalized spacial score (nSPS) is 21.9. The van der Waals surface area contributed by atoms with Gasteiger partial charge in [-0.05, 0) is 41.0 Å². The third-order valence-corrected chi connectivity index (χ3v) is 3.15. The second kappa shape index (κ2) is 5.25. The van der Waals surface area contributed by atoms with Crippen molar-refractivity contribution in [2.75, 3.05) is 20.1 Å². The molecular weight excluding hydrogens is 216 g/mol. The summed E-state index contributed by atoms with van der Waals surface area (Å²) in [4.78, 5) is 16.0. The summed E-state index contributed by atoms with van der Waals surface area (Å²) < 4.78 is 5.38. The van der Waals surface area contributed by atoms with Crippen LogP contribution in [0.2, 0.25) is 0 Å². The maximum Gasteiger partial charge on any atom is 0.410 e. The topological polar surface area (TPSA) is 32.8 Å². The molecule has 0 aromatic heterocycles. The van der Waals surface area contributed by atoms with E-state index in [9.17, 15) is 4.79 Å². The molecule has 0 bridgehead atoms. The molecule has 0 N–H and O–H groups in total. The number of hydrogen-bond donors (Lipinski definition) is 0. The van der Waals surface area contributed by atoms with Crippen molar-refractivity contribution in [2.24, 2.45) is 0 Å². The second-order valence-electron chi connectivity index (χ2n) is 6.12. The van der Waals surface area contributed by atoms with Crippen LogP contribution in [0.1, 0.15) is 41.0 Å². The van der Waals surface area contributed by atoms with Gasteiger partial charge in [-0.3, -0.25) is 4.90 Å². The minimum atomic E-state index is -0.415. The van der Waals surface area contributed by atoms with Crippen LogP contribution in [0.5, 0.6) is 0 Å². The summed E-state index contributed by atoms with van der Waals surface area (Å²) in [7, 11) is 1.84. The van der Waals surface area contributed by atoms with E-state index in [1.807, 2.05) is 27.8 Å². The third-order valence-electron chi connectivity index (χ3n) is 3.15. The van der Waals surface area contributed by atoms with Crippen LogP contribution in [0, 0.1) is 0 Å². The van der Waals surface area contributed by atoms with Crippen LogP contribution in [-0.4, -0.2) is 53.7 Å². The average molecular weight is 242 g/mol. The minimum Gasteiger partial charge on any atom is -0.444 e. The van der Waals surface area contributed by atoms with Crippen molar-refractivity contribution in [3.8, 4) is 0 Å². The lowest BCUT2D eigenvalue weighted by molar-refractivity contribution is 0.0226. The van der Waals surface area contributed by atoms with Crippen LogP contribution in [-0.2, 0) is 4.74 Å². The second-order valence-corrected chi connectivity index (χ2v) is 6.12. The van der Waals surface area contributed by atoms with E-state index >= 15 is 0 Å². The fourth-order valence-corrected chi connectivity index (χ4v) is 2.04. The van der Waals surface area contributed by atoms with Crippen molar-refractivity contribution in [1.29, 1.82) is 0 Å². The first-order chi connectivity index (χ1) is 7.70. The lowest BCUT2D eigenvalue weighted by Crippen LogP contribution is -2.42. The zero-order chi connectivity index (χ0) is 13.2. The van der Waals surface area contributed by atoms with E-state index in [-0.39, 0.29) is 12.1 Å². The van der Waals surface area contributed by atoms with Gasteiger partial charge in [0.05, 0.1) is 0 Å². The first-order valence-corrected chi connectivity index (χ1v) is 6.40. The summed E-state index contributed by atoms with van der Waals surface area (Å²) in [5, 5.41) is 0. The van der Waals surface area contributed by atoms with Crippen LogP contribution in [0.4, 0.5) is 4.79 Å². The number of carbonyl (C=O) groups is 1. The van der Waals surface area contributed by atoms with Crippen molar-refractivity contribution in [3.63, 3.8) is 0 Å². The van der Waals surface area contributed by atoms with Crippen LogP contribution >= 0.6 is 0 Å². The zero-order valence-corrected chi connectivity index (χ0v) is 12.0. The van der Waals surface area contributed by atoms with Gasteiger partial charge in [0.15, 0.2) is 0 Å². The van der Waals surface area contributed by atoms with Crippen LogP contribution < -0.4 is 0 Å². The standard InChI is InChI=1S/C13H26N2O2/c1-10(2)15-8-7-11(9-15)14(6)12(16)17-13(3,4)5/h10-11H,7-9H2,1-6H3. The lowest BCUT2D eigenvalue weighted by Gasteiger charge is -2.29. The number of carbonyl (C=O) groups excluding carboxylic acids is 1. The van der Waals surface area contributed by atoms with Crippen LogP contribution in [0.25, 0.3) is 0 Å². The summed E-state index contributed by atoms with van der Waals surface area (Å²) >= 11 is 0. The highest BCUT2D eigenvalue weighted by Crippen LogP contribution is 2.19. The SMILES string of the molecule is CC(C)N1CCC(N(C)C(=O)OC(C)(C)C)C1. The predicted octanol–water partition coefficient (Wildman–Crippen LogP) is 2.34. The Morgan fingerprint density at radius 3 is 2.41 bits per heavy atom. The Morgan fingerprint density at radius 1 is 1.41 bits per heavy atom. The largest absolute Gasteiger partial charge is 0.444 e. The summed E-state index contributed by atoms with van der Waals surface area (Å²) in [6.07, 6.45) is 0.821. The molecule has 0 saturated carbocycles. The van der Waals surface area contributed by atoms with E-state index < -0.39 is 5.60 Å². The molecule has 17 heavy (non-hydrogen) atoms. The van der Waals surface area contributed by atoms with Gasteiger partial charge >= 0.3 is 6.09 Å². The van der Waals surface area contributed by atoms with Gasteiger partial charge in [-0.1, -0.05) is 0 Å². The van der Waals surface area contributed by atoms with Gasteiger partial charge in [0.2, 0.25) is 0 Å². The molecule has 1 atom stereocenters. The molecule has 0 aromatic rings. The highest BCUT2D eigenvalue weighted by molar-refractivity contribution is 5.68. The Balaban J connectivity index is 2.49. The molecule has 0 radical (unpaired) electrons. The molecule has 4 nitrogen and oxygen atoms in total. The number of likely N-dealkylation sites (N-methyl/N-ethyl adjacent to an activating group) is 1. The van der Waals surface area contributed by atoms with E-state index in [1.54, 1.807) is 4.90 Å². The molecule has 1 saturated heterocycles. The van der Waals surface area contributed by atoms with E-state index in [4.69, 9.17) is 4.74 Å². The van der Waals surface area contributed by atoms with E-state index in [1.165, 1.54) is 0 Å². The molecule has 1 rings (SSSR count). The van der Waals surface area contributed by atoms with Crippen molar-refractivity contribution in [1.82, 2.24) is 9.80 Å². The monoisotopic (exact) mass is 242 g/mol. The predicted molar refractivity (Wildman–Crippen MR) is 69.1 cm³/mol. The highest BCUT2D eigenvalue weighted by atomic mass is 16.6. The molecule has 1 amide bonds. The minimum absolute atomic E-state index is 0.215. The van der Waals surface area contributed by atoms with Gasteiger partial charge < -0.3 is 9.64 Å². The van der Waals surface area contributed by atoms with Gasteiger partial charge in [0.25, 0.3) is 0 Å². The maximum atomic E-state index is 11.9. The van der Waals surface area contributed by atoms with Crippen LogP contribution in [0.15, 0.2) is 0 Å². The fraction of sp³-hybridized carbons (Fsp3) is 0.923. The van der Waals surface area contributed by atoms with Gasteiger partial charge in [-0.2, -0.15) is 0 Å². The number of hydrogen-bond acceptors (Lipinski definition) is 3. The van der Waals surface area contributed by atoms with Crippen molar-refractivity contribution < 1.29 is 9.53 Å². The Hall–Kier alpha value is -0.770. The third kappa shape index (κ3) is 4.19. The fourth-order valence-electron chi connectivity index (χ4n) is 2.04. The first kappa shape index (κ1) is 14.3. The molecule has 1 fully saturated rings. The van der Waals surface area contributed by atoms with Crippen molar-refractivity contribution >= 4 is 6.09 Å². The molecule has 4 heteroatoms. The van der Waals surface area contributed by atoms with Crippen LogP contribution in [0.3, 0.4) is 0 Å².